The monoisotopic (exact) mass is 230 g/mol. The summed E-state index contributed by atoms with van der Waals surface area (Å²) in [5.74, 6) is 2.31. The molecule has 1 aromatic heterocycles. The Morgan fingerprint density at radius 2 is 2.24 bits per heavy atom. The van der Waals surface area contributed by atoms with Gasteiger partial charge in [0.1, 0.15) is 5.75 Å². The van der Waals surface area contributed by atoms with E-state index < -0.39 is 0 Å². The van der Waals surface area contributed by atoms with Crippen molar-refractivity contribution in [2.45, 2.75) is 32.1 Å². The first-order chi connectivity index (χ1) is 8.22. The lowest BCUT2D eigenvalue weighted by atomic mass is 10.1. The van der Waals surface area contributed by atoms with Crippen molar-refractivity contribution in [1.82, 2.24) is 10.1 Å². The quantitative estimate of drug-likeness (QED) is 0.880. The smallest absolute Gasteiger partial charge is 0.231 e. The predicted octanol–water partition coefficient (Wildman–Crippen LogP) is 2.55. The van der Waals surface area contributed by atoms with E-state index in [1.807, 2.05) is 13.0 Å². The van der Waals surface area contributed by atoms with Crippen molar-refractivity contribution in [2.24, 2.45) is 0 Å². The molecule has 1 aromatic carbocycles. The summed E-state index contributed by atoms with van der Waals surface area (Å²) in [6.07, 6.45) is 2.99. The summed E-state index contributed by atoms with van der Waals surface area (Å²) in [4.78, 5) is 4.39. The normalized spacial score (nSPS) is 15.1. The first-order valence-corrected chi connectivity index (χ1v) is 5.83. The molecule has 17 heavy (non-hydrogen) atoms. The van der Waals surface area contributed by atoms with Gasteiger partial charge in [0, 0.05) is 5.92 Å². The zero-order valence-corrected chi connectivity index (χ0v) is 9.68. The Balaban J connectivity index is 1.80. The first-order valence-electron chi connectivity index (χ1n) is 5.83. The van der Waals surface area contributed by atoms with Gasteiger partial charge in [-0.2, -0.15) is 4.98 Å². The van der Waals surface area contributed by atoms with E-state index in [0.717, 1.165) is 17.0 Å². The average Bonchev–Trinajstić information content (AvgIpc) is 3.04. The van der Waals surface area contributed by atoms with Crippen LogP contribution in [0.4, 0.5) is 0 Å². The van der Waals surface area contributed by atoms with Crippen LogP contribution in [0.3, 0.4) is 0 Å². The number of nitrogens with zero attached hydrogens (tertiary/aromatic N) is 2. The summed E-state index contributed by atoms with van der Waals surface area (Å²) >= 11 is 0. The number of hydrogen-bond acceptors (Lipinski definition) is 4. The lowest BCUT2D eigenvalue weighted by Crippen LogP contribution is -1.92. The maximum atomic E-state index is 9.34. The number of aromatic hydroxyl groups is 1. The zero-order valence-electron chi connectivity index (χ0n) is 9.68. The molecule has 4 nitrogen and oxygen atoms in total. The second-order valence-corrected chi connectivity index (χ2v) is 4.61. The topological polar surface area (TPSA) is 59.2 Å². The fourth-order valence-corrected chi connectivity index (χ4v) is 1.89. The highest BCUT2D eigenvalue weighted by Crippen LogP contribution is 2.38. The van der Waals surface area contributed by atoms with Gasteiger partial charge in [0.15, 0.2) is 5.82 Å². The minimum absolute atomic E-state index is 0.287. The van der Waals surface area contributed by atoms with Crippen molar-refractivity contribution in [3.63, 3.8) is 0 Å². The molecule has 88 valence electrons. The van der Waals surface area contributed by atoms with E-state index in [4.69, 9.17) is 4.52 Å². The number of benzene rings is 1. The van der Waals surface area contributed by atoms with E-state index >= 15 is 0 Å². The molecule has 0 amide bonds. The molecule has 1 aliphatic carbocycles. The summed E-state index contributed by atoms with van der Waals surface area (Å²) in [6.45, 7) is 1.97. The minimum atomic E-state index is 0.287. The van der Waals surface area contributed by atoms with Crippen molar-refractivity contribution < 1.29 is 9.63 Å². The molecular weight excluding hydrogens is 216 g/mol. The molecule has 0 saturated heterocycles. The van der Waals surface area contributed by atoms with Gasteiger partial charge in [0.05, 0.1) is 6.42 Å². The van der Waals surface area contributed by atoms with Crippen molar-refractivity contribution in [1.29, 1.82) is 0 Å². The Kier molecular flexibility index (Phi) is 2.35. The SMILES string of the molecule is Cc1cc(O)ccc1Cc1nc(C2CC2)no1. The van der Waals surface area contributed by atoms with Crippen LogP contribution in [-0.4, -0.2) is 15.2 Å². The second kappa shape index (κ2) is 3.87. The van der Waals surface area contributed by atoms with Crippen LogP contribution in [-0.2, 0) is 6.42 Å². The van der Waals surface area contributed by atoms with Gasteiger partial charge in [-0.15, -0.1) is 0 Å². The molecule has 2 aromatic rings. The van der Waals surface area contributed by atoms with Crippen LogP contribution in [0.5, 0.6) is 5.75 Å². The van der Waals surface area contributed by atoms with E-state index in [-0.39, 0.29) is 5.75 Å². The van der Waals surface area contributed by atoms with Crippen molar-refractivity contribution in [2.75, 3.05) is 0 Å². The number of phenolic OH excluding ortho intramolecular Hbond substituents is 1. The Morgan fingerprint density at radius 1 is 1.41 bits per heavy atom. The summed E-state index contributed by atoms with van der Waals surface area (Å²) in [5.41, 5.74) is 2.14. The molecule has 1 fully saturated rings. The van der Waals surface area contributed by atoms with Crippen molar-refractivity contribution >= 4 is 0 Å². The molecule has 0 spiro atoms. The van der Waals surface area contributed by atoms with Crippen molar-refractivity contribution in [3.8, 4) is 5.75 Å². The molecule has 0 atom stereocenters. The highest BCUT2D eigenvalue weighted by molar-refractivity contribution is 5.35. The number of phenols is 1. The Bertz CT molecular complexity index is 544. The minimum Gasteiger partial charge on any atom is -0.508 e. The van der Waals surface area contributed by atoms with Crippen LogP contribution in [0.1, 0.15) is 41.6 Å². The molecule has 0 unspecified atom stereocenters. The standard InChI is InChI=1S/C13H14N2O2/c1-8-6-11(16)5-4-10(8)7-12-14-13(15-17-12)9-2-3-9/h4-6,9,16H,2-3,7H2,1H3. The van der Waals surface area contributed by atoms with Gasteiger partial charge in [-0.25, -0.2) is 0 Å². The summed E-state index contributed by atoms with van der Waals surface area (Å²) in [7, 11) is 0. The van der Waals surface area contributed by atoms with Crippen LogP contribution in [0, 0.1) is 6.92 Å². The Hall–Kier alpha value is -1.84. The lowest BCUT2D eigenvalue weighted by molar-refractivity contribution is 0.379. The Morgan fingerprint density at radius 3 is 2.94 bits per heavy atom. The molecule has 1 N–H and O–H groups in total. The van der Waals surface area contributed by atoms with Crippen LogP contribution in [0.15, 0.2) is 22.7 Å². The fourth-order valence-electron chi connectivity index (χ4n) is 1.89. The third-order valence-corrected chi connectivity index (χ3v) is 3.09. The summed E-state index contributed by atoms with van der Waals surface area (Å²) < 4.78 is 5.23. The summed E-state index contributed by atoms with van der Waals surface area (Å²) in [6, 6.07) is 5.32. The Labute approximate surface area is 99.3 Å². The van der Waals surface area contributed by atoms with E-state index in [9.17, 15) is 5.11 Å². The highest BCUT2D eigenvalue weighted by atomic mass is 16.5. The molecule has 4 heteroatoms. The highest BCUT2D eigenvalue weighted by Gasteiger charge is 2.28. The largest absolute Gasteiger partial charge is 0.508 e. The maximum Gasteiger partial charge on any atom is 0.231 e. The summed E-state index contributed by atoms with van der Waals surface area (Å²) in [5, 5.41) is 13.3. The van der Waals surface area contributed by atoms with Crippen molar-refractivity contribution in [3.05, 3.63) is 41.0 Å². The number of aromatic nitrogens is 2. The maximum absolute atomic E-state index is 9.34. The molecule has 3 rings (SSSR count). The predicted molar refractivity (Wildman–Crippen MR) is 61.9 cm³/mol. The second-order valence-electron chi connectivity index (χ2n) is 4.61. The van der Waals surface area contributed by atoms with Gasteiger partial charge in [0.2, 0.25) is 5.89 Å². The fraction of sp³-hybridized carbons (Fsp3) is 0.385. The number of rotatable bonds is 3. The van der Waals surface area contributed by atoms with Gasteiger partial charge >= 0.3 is 0 Å². The van der Waals surface area contributed by atoms with Crippen LogP contribution in [0.25, 0.3) is 0 Å². The van der Waals surface area contributed by atoms with Crippen LogP contribution >= 0.6 is 0 Å². The molecule has 0 aliphatic heterocycles. The van der Waals surface area contributed by atoms with Gasteiger partial charge < -0.3 is 9.63 Å². The van der Waals surface area contributed by atoms with Gasteiger partial charge in [0.25, 0.3) is 0 Å². The molecule has 1 aliphatic rings. The van der Waals surface area contributed by atoms with Gasteiger partial charge in [-0.1, -0.05) is 11.2 Å². The average molecular weight is 230 g/mol. The van der Waals surface area contributed by atoms with E-state index in [1.54, 1.807) is 12.1 Å². The van der Waals surface area contributed by atoms with Crippen LogP contribution < -0.4 is 0 Å². The van der Waals surface area contributed by atoms with Gasteiger partial charge in [-0.05, 0) is 43.0 Å². The first kappa shape index (κ1) is 10.3. The number of hydrogen-bond donors (Lipinski definition) is 1. The molecule has 1 heterocycles. The molecule has 1 saturated carbocycles. The zero-order chi connectivity index (χ0) is 11.8. The third kappa shape index (κ3) is 2.16. The van der Waals surface area contributed by atoms with E-state index in [2.05, 4.69) is 10.1 Å². The third-order valence-electron chi connectivity index (χ3n) is 3.09. The molecule has 0 bridgehead atoms. The van der Waals surface area contributed by atoms with E-state index in [0.29, 0.717) is 18.2 Å². The van der Waals surface area contributed by atoms with Gasteiger partial charge in [-0.3, -0.25) is 0 Å². The number of aryl methyl sites for hydroxylation is 1. The van der Waals surface area contributed by atoms with Crippen LogP contribution in [0.2, 0.25) is 0 Å². The molecular formula is C13H14N2O2. The lowest BCUT2D eigenvalue weighted by Gasteiger charge is -2.02. The van der Waals surface area contributed by atoms with E-state index in [1.165, 1.54) is 12.8 Å². The molecule has 0 radical (unpaired) electrons.